The minimum absolute atomic E-state index is 0.202. The van der Waals surface area contributed by atoms with E-state index in [2.05, 4.69) is 62.1 Å². The lowest BCUT2D eigenvalue weighted by Gasteiger charge is -2.40. The monoisotopic (exact) mass is 441 g/mol. The standard InChI is InChI=1S/C29H31NO3/c1-4-16-30-18-25(19-30)32-24-13-10-22(11-14-24)29(3)28(21-8-6-5-7-9-21)20(2)26-15-12-23(31)17-27(26)33-29/h5-15,17,25,31H,4,16,18-19H2,1-3H3. The molecule has 0 saturated carbocycles. The molecular weight excluding hydrogens is 410 g/mol. The number of phenols is 1. The average molecular weight is 442 g/mol. The number of nitrogens with zero attached hydrogens (tertiary/aromatic N) is 1. The van der Waals surface area contributed by atoms with Crippen LogP contribution < -0.4 is 9.47 Å². The van der Waals surface area contributed by atoms with Crippen molar-refractivity contribution in [1.82, 2.24) is 4.90 Å². The third-order valence-electron chi connectivity index (χ3n) is 6.77. The number of aromatic hydroxyl groups is 1. The summed E-state index contributed by atoms with van der Waals surface area (Å²) >= 11 is 0. The molecule has 0 bridgehead atoms. The first-order valence-corrected chi connectivity index (χ1v) is 11.8. The summed E-state index contributed by atoms with van der Waals surface area (Å²) in [7, 11) is 0. The van der Waals surface area contributed by atoms with Gasteiger partial charge in [0.25, 0.3) is 0 Å². The summed E-state index contributed by atoms with van der Waals surface area (Å²) in [5.74, 6) is 1.79. The maximum absolute atomic E-state index is 10.1. The van der Waals surface area contributed by atoms with Crippen LogP contribution in [0, 0.1) is 0 Å². The van der Waals surface area contributed by atoms with Gasteiger partial charge in [0.2, 0.25) is 0 Å². The zero-order valence-electron chi connectivity index (χ0n) is 19.5. The van der Waals surface area contributed by atoms with Crippen LogP contribution in [0.5, 0.6) is 17.2 Å². The summed E-state index contributed by atoms with van der Waals surface area (Å²) < 4.78 is 12.8. The van der Waals surface area contributed by atoms with Gasteiger partial charge < -0.3 is 14.6 Å². The second-order valence-electron chi connectivity index (χ2n) is 9.21. The molecule has 2 aliphatic rings. The van der Waals surface area contributed by atoms with Crippen LogP contribution in [0.15, 0.2) is 72.8 Å². The molecule has 1 saturated heterocycles. The molecule has 0 aliphatic carbocycles. The minimum Gasteiger partial charge on any atom is -0.508 e. The predicted molar refractivity (Wildman–Crippen MR) is 133 cm³/mol. The highest BCUT2D eigenvalue weighted by Gasteiger charge is 2.40. The van der Waals surface area contributed by atoms with Gasteiger partial charge in [-0.2, -0.15) is 0 Å². The topological polar surface area (TPSA) is 41.9 Å². The molecule has 4 heteroatoms. The van der Waals surface area contributed by atoms with Gasteiger partial charge >= 0.3 is 0 Å². The molecule has 1 fully saturated rings. The van der Waals surface area contributed by atoms with E-state index < -0.39 is 5.60 Å². The number of hydrogen-bond acceptors (Lipinski definition) is 4. The van der Waals surface area contributed by atoms with Crippen molar-refractivity contribution in [2.24, 2.45) is 0 Å². The molecule has 5 rings (SSSR count). The fourth-order valence-corrected chi connectivity index (χ4v) is 5.11. The number of allylic oxidation sites excluding steroid dienone is 1. The fraction of sp³-hybridized carbons (Fsp3) is 0.310. The van der Waals surface area contributed by atoms with Crippen molar-refractivity contribution < 1.29 is 14.6 Å². The van der Waals surface area contributed by atoms with Gasteiger partial charge in [-0.15, -0.1) is 0 Å². The molecule has 4 nitrogen and oxygen atoms in total. The second-order valence-corrected chi connectivity index (χ2v) is 9.21. The Bertz CT molecular complexity index is 1160. The number of ether oxygens (including phenoxy) is 2. The molecular formula is C29H31NO3. The van der Waals surface area contributed by atoms with Gasteiger partial charge in [0.15, 0.2) is 5.60 Å². The minimum atomic E-state index is -0.709. The van der Waals surface area contributed by atoms with Crippen LogP contribution in [-0.2, 0) is 5.60 Å². The van der Waals surface area contributed by atoms with Crippen LogP contribution in [0.1, 0.15) is 43.9 Å². The Balaban J connectivity index is 1.48. The van der Waals surface area contributed by atoms with E-state index in [-0.39, 0.29) is 11.9 Å². The molecule has 1 atom stereocenters. The van der Waals surface area contributed by atoms with Gasteiger partial charge in [-0.1, -0.05) is 49.4 Å². The highest BCUT2D eigenvalue weighted by Crippen LogP contribution is 2.50. The van der Waals surface area contributed by atoms with E-state index in [1.165, 1.54) is 6.42 Å². The van der Waals surface area contributed by atoms with Crippen LogP contribution in [0.2, 0.25) is 0 Å². The Hall–Kier alpha value is -3.24. The second kappa shape index (κ2) is 8.60. The van der Waals surface area contributed by atoms with Crippen molar-refractivity contribution in [1.29, 1.82) is 0 Å². The SMILES string of the molecule is CCCN1CC(Oc2ccc(C3(C)Oc4cc(O)ccc4C(C)=C3c3ccccc3)cc2)C1. The van der Waals surface area contributed by atoms with Crippen molar-refractivity contribution in [3.8, 4) is 17.2 Å². The van der Waals surface area contributed by atoms with Gasteiger partial charge in [-0.3, -0.25) is 4.90 Å². The van der Waals surface area contributed by atoms with Crippen molar-refractivity contribution in [2.45, 2.75) is 38.9 Å². The summed E-state index contributed by atoms with van der Waals surface area (Å²) in [4.78, 5) is 2.42. The number of likely N-dealkylation sites (tertiary alicyclic amines) is 1. The highest BCUT2D eigenvalue weighted by atomic mass is 16.5. The first kappa shape index (κ1) is 21.6. The molecule has 3 aromatic carbocycles. The molecule has 1 unspecified atom stereocenters. The molecule has 0 amide bonds. The maximum Gasteiger partial charge on any atom is 0.157 e. The molecule has 3 aromatic rings. The van der Waals surface area contributed by atoms with Crippen molar-refractivity contribution in [3.63, 3.8) is 0 Å². The third kappa shape index (κ3) is 4.00. The van der Waals surface area contributed by atoms with Gasteiger partial charge in [0, 0.05) is 30.3 Å². The molecule has 2 aliphatic heterocycles. The van der Waals surface area contributed by atoms with E-state index in [1.54, 1.807) is 12.1 Å². The lowest BCUT2D eigenvalue weighted by molar-refractivity contribution is 0.0202. The Morgan fingerprint density at radius 3 is 2.45 bits per heavy atom. The van der Waals surface area contributed by atoms with Crippen LogP contribution in [0.4, 0.5) is 0 Å². The Labute approximate surface area is 196 Å². The molecule has 170 valence electrons. The maximum atomic E-state index is 10.1. The molecule has 33 heavy (non-hydrogen) atoms. The van der Waals surface area contributed by atoms with E-state index in [4.69, 9.17) is 9.47 Å². The van der Waals surface area contributed by atoms with Crippen LogP contribution in [0.25, 0.3) is 11.1 Å². The van der Waals surface area contributed by atoms with Gasteiger partial charge in [-0.05, 0) is 67.8 Å². The smallest absolute Gasteiger partial charge is 0.157 e. The lowest BCUT2D eigenvalue weighted by Crippen LogP contribution is -2.53. The first-order valence-electron chi connectivity index (χ1n) is 11.8. The summed E-state index contributed by atoms with van der Waals surface area (Å²) in [6.07, 6.45) is 1.44. The Morgan fingerprint density at radius 2 is 1.76 bits per heavy atom. The quantitative estimate of drug-likeness (QED) is 0.502. The molecule has 1 N–H and O–H groups in total. The average Bonchev–Trinajstić information content (AvgIpc) is 2.78. The molecule has 0 radical (unpaired) electrons. The van der Waals surface area contributed by atoms with Crippen LogP contribution in [-0.4, -0.2) is 35.7 Å². The lowest BCUT2D eigenvalue weighted by atomic mass is 9.77. The summed E-state index contributed by atoms with van der Waals surface area (Å²) in [6.45, 7) is 9.58. The van der Waals surface area contributed by atoms with Gasteiger partial charge in [0.05, 0.1) is 0 Å². The number of fused-ring (bicyclic) bond motifs is 1. The van der Waals surface area contributed by atoms with E-state index in [9.17, 15) is 5.11 Å². The molecule has 0 aromatic heterocycles. The number of hydrogen-bond donors (Lipinski definition) is 1. The van der Waals surface area contributed by atoms with E-state index in [0.717, 1.165) is 53.2 Å². The molecule has 2 heterocycles. The molecule has 0 spiro atoms. The summed E-state index contributed by atoms with van der Waals surface area (Å²) in [6, 6.07) is 24.0. The van der Waals surface area contributed by atoms with E-state index in [0.29, 0.717) is 5.75 Å². The largest absolute Gasteiger partial charge is 0.508 e. The highest BCUT2D eigenvalue weighted by molar-refractivity contribution is 5.97. The van der Waals surface area contributed by atoms with Crippen molar-refractivity contribution >= 4 is 11.1 Å². The Kier molecular flexibility index (Phi) is 5.63. The van der Waals surface area contributed by atoms with Gasteiger partial charge in [0.1, 0.15) is 23.4 Å². The zero-order valence-corrected chi connectivity index (χ0v) is 19.5. The third-order valence-corrected chi connectivity index (χ3v) is 6.77. The Morgan fingerprint density at radius 1 is 1.03 bits per heavy atom. The number of rotatable bonds is 6. The van der Waals surface area contributed by atoms with Crippen molar-refractivity contribution in [3.05, 3.63) is 89.5 Å². The van der Waals surface area contributed by atoms with E-state index in [1.807, 2.05) is 24.3 Å². The first-order chi connectivity index (χ1) is 16.0. The summed E-state index contributed by atoms with van der Waals surface area (Å²) in [5.41, 5.74) is 4.75. The number of phenolic OH excluding ortho intramolecular Hbond substituents is 1. The predicted octanol–water partition coefficient (Wildman–Crippen LogP) is 6.10. The fourth-order valence-electron chi connectivity index (χ4n) is 5.11. The van der Waals surface area contributed by atoms with Crippen LogP contribution >= 0.6 is 0 Å². The van der Waals surface area contributed by atoms with E-state index >= 15 is 0 Å². The van der Waals surface area contributed by atoms with Crippen molar-refractivity contribution in [2.75, 3.05) is 19.6 Å². The van der Waals surface area contributed by atoms with Crippen LogP contribution in [0.3, 0.4) is 0 Å². The zero-order chi connectivity index (χ0) is 23.0. The van der Waals surface area contributed by atoms with Gasteiger partial charge in [-0.25, -0.2) is 0 Å². The normalized spacial score (nSPS) is 20.7. The summed E-state index contributed by atoms with van der Waals surface area (Å²) in [5, 5.41) is 10.1. The number of benzene rings is 3.